The molecule has 2 fully saturated rings. The first-order chi connectivity index (χ1) is 15.8. The van der Waals surface area contributed by atoms with Crippen LogP contribution in [0.3, 0.4) is 0 Å². The van der Waals surface area contributed by atoms with E-state index in [0.717, 1.165) is 38.0 Å². The Morgan fingerprint density at radius 3 is 2.39 bits per heavy atom. The van der Waals surface area contributed by atoms with Crippen molar-refractivity contribution in [1.82, 2.24) is 14.9 Å². The van der Waals surface area contributed by atoms with Gasteiger partial charge in [-0.3, -0.25) is 9.69 Å². The van der Waals surface area contributed by atoms with Crippen LogP contribution in [0.15, 0.2) is 30.6 Å². The van der Waals surface area contributed by atoms with Gasteiger partial charge in [0.1, 0.15) is 12.3 Å². The molecular formula is C23H26F3N5O2. The van der Waals surface area contributed by atoms with Crippen LogP contribution in [0.1, 0.15) is 54.9 Å². The van der Waals surface area contributed by atoms with E-state index in [1.54, 1.807) is 6.92 Å². The maximum absolute atomic E-state index is 13.5. The van der Waals surface area contributed by atoms with Gasteiger partial charge < -0.3 is 15.0 Å². The number of amides is 1. The maximum atomic E-state index is 13.5. The summed E-state index contributed by atoms with van der Waals surface area (Å²) in [4.78, 5) is 25.3. The Kier molecular flexibility index (Phi) is 5.64. The van der Waals surface area contributed by atoms with Crippen LogP contribution < -0.4 is 15.0 Å². The van der Waals surface area contributed by atoms with Crippen molar-refractivity contribution in [2.75, 3.05) is 23.3 Å². The lowest BCUT2D eigenvalue weighted by atomic mass is 9.90. The molecule has 1 amide bonds. The molecule has 2 aliphatic heterocycles. The predicted molar refractivity (Wildman–Crippen MR) is 116 cm³/mol. The number of halogens is 3. The lowest BCUT2D eigenvalue weighted by molar-refractivity contribution is -0.137. The molecule has 1 aromatic carbocycles. The van der Waals surface area contributed by atoms with Crippen molar-refractivity contribution in [3.05, 3.63) is 41.7 Å². The highest BCUT2D eigenvalue weighted by Gasteiger charge is 2.41. The minimum absolute atomic E-state index is 0.0330. The molecule has 1 N–H and O–H groups in total. The zero-order valence-corrected chi connectivity index (χ0v) is 18.3. The molecule has 0 spiro atoms. The predicted octanol–water partition coefficient (Wildman–Crippen LogP) is 4.31. The summed E-state index contributed by atoms with van der Waals surface area (Å²) in [5.41, 5.74) is -0.910. The molecule has 33 heavy (non-hydrogen) atoms. The molecule has 1 aliphatic carbocycles. The number of anilines is 2. The molecule has 1 aromatic heterocycles. The number of fused-ring (bicyclic) bond motifs is 1. The molecule has 1 unspecified atom stereocenters. The first kappa shape index (κ1) is 21.9. The molecule has 0 radical (unpaired) electrons. The van der Waals surface area contributed by atoms with Gasteiger partial charge in [-0.05, 0) is 44.7 Å². The molecule has 7 nitrogen and oxygen atoms in total. The zero-order chi connectivity index (χ0) is 23.2. The Bertz CT molecular complexity index is 1020. The molecule has 1 saturated heterocycles. The topological polar surface area (TPSA) is 70.6 Å². The average molecular weight is 461 g/mol. The van der Waals surface area contributed by atoms with E-state index in [1.165, 1.54) is 48.7 Å². The van der Waals surface area contributed by atoms with Crippen molar-refractivity contribution in [2.45, 2.75) is 63.5 Å². The Morgan fingerprint density at radius 2 is 1.79 bits per heavy atom. The van der Waals surface area contributed by atoms with Crippen molar-refractivity contribution >= 4 is 17.3 Å². The summed E-state index contributed by atoms with van der Waals surface area (Å²) in [5, 5.41) is 2.97. The minimum atomic E-state index is -4.64. The lowest BCUT2D eigenvalue weighted by Gasteiger charge is -2.41. The number of nitrogens with zero attached hydrogens (tertiary/aromatic N) is 4. The Labute approximate surface area is 189 Å². The number of benzene rings is 1. The second-order valence-corrected chi connectivity index (χ2v) is 8.88. The van der Waals surface area contributed by atoms with Crippen LogP contribution >= 0.6 is 0 Å². The number of ether oxygens (including phenoxy) is 1. The average Bonchev–Trinajstić information content (AvgIpc) is 2.74. The van der Waals surface area contributed by atoms with Crippen molar-refractivity contribution in [3.63, 3.8) is 0 Å². The fourth-order valence-electron chi connectivity index (χ4n) is 4.82. The number of carbonyl (C=O) groups excluding carboxylic acids is 1. The van der Waals surface area contributed by atoms with Crippen LogP contribution in [0, 0.1) is 0 Å². The van der Waals surface area contributed by atoms with Crippen LogP contribution in [-0.4, -0.2) is 52.2 Å². The number of carbonyl (C=O) groups is 1. The second kappa shape index (κ2) is 8.48. The summed E-state index contributed by atoms with van der Waals surface area (Å²) < 4.78 is 46.4. The quantitative estimate of drug-likeness (QED) is 0.732. The highest BCUT2D eigenvalue weighted by atomic mass is 19.4. The van der Waals surface area contributed by atoms with Gasteiger partial charge in [0.25, 0.3) is 5.91 Å². The number of hydrogen-bond donors (Lipinski definition) is 1. The van der Waals surface area contributed by atoms with Gasteiger partial charge in [-0.25, -0.2) is 9.97 Å². The van der Waals surface area contributed by atoms with Gasteiger partial charge in [0.05, 0.1) is 29.2 Å². The number of nitrogens with one attached hydrogen (secondary N) is 1. The smallest absolute Gasteiger partial charge is 0.417 e. The van der Waals surface area contributed by atoms with Gasteiger partial charge >= 0.3 is 12.2 Å². The van der Waals surface area contributed by atoms with Crippen LogP contribution in [0.25, 0.3) is 0 Å². The van der Waals surface area contributed by atoms with E-state index < -0.39 is 29.4 Å². The highest BCUT2D eigenvalue weighted by molar-refractivity contribution is 6.13. The fraction of sp³-hybridized carbons (Fsp3) is 0.522. The van der Waals surface area contributed by atoms with E-state index in [2.05, 4.69) is 20.2 Å². The summed E-state index contributed by atoms with van der Waals surface area (Å²) in [5.74, 6) is -0.746. The molecule has 1 saturated carbocycles. The molecule has 2 aromatic rings. The van der Waals surface area contributed by atoms with Gasteiger partial charge in [-0.1, -0.05) is 12.5 Å². The van der Waals surface area contributed by atoms with Crippen LogP contribution in [-0.2, 0) is 6.18 Å². The molecule has 176 valence electrons. The third-order valence-corrected chi connectivity index (χ3v) is 6.79. The zero-order valence-electron chi connectivity index (χ0n) is 18.3. The van der Waals surface area contributed by atoms with Crippen molar-refractivity contribution in [1.29, 1.82) is 0 Å². The van der Waals surface area contributed by atoms with Crippen LogP contribution in [0.4, 0.5) is 24.5 Å². The fourth-order valence-corrected chi connectivity index (χ4v) is 4.82. The highest BCUT2D eigenvalue weighted by Crippen LogP contribution is 2.39. The number of likely N-dealkylation sites (tertiary alicyclic amines) is 1. The normalized spacial score (nSPS) is 22.5. The van der Waals surface area contributed by atoms with Gasteiger partial charge in [0.2, 0.25) is 0 Å². The van der Waals surface area contributed by atoms with E-state index in [-0.39, 0.29) is 17.8 Å². The molecule has 5 rings (SSSR count). The first-order valence-electron chi connectivity index (χ1n) is 11.3. The SMILES string of the molecule is CC1Nc2cccc(C(F)(F)F)c2C(=O)N1c1cnc(OC2CCN(C3CCC3)CC2)nc1. The van der Waals surface area contributed by atoms with Gasteiger partial charge in [-0.2, -0.15) is 13.2 Å². The summed E-state index contributed by atoms with van der Waals surface area (Å²) in [6.45, 7) is 3.70. The molecule has 10 heteroatoms. The van der Waals surface area contributed by atoms with Gasteiger partial charge in [0.15, 0.2) is 0 Å². The lowest BCUT2D eigenvalue weighted by Crippen LogP contribution is -2.48. The first-order valence-corrected chi connectivity index (χ1v) is 11.3. The van der Waals surface area contributed by atoms with E-state index in [4.69, 9.17) is 4.74 Å². The summed E-state index contributed by atoms with van der Waals surface area (Å²) in [7, 11) is 0. The summed E-state index contributed by atoms with van der Waals surface area (Å²) in [6, 6.07) is 4.61. The largest absolute Gasteiger partial charge is 0.460 e. The van der Waals surface area contributed by atoms with Crippen molar-refractivity contribution in [3.8, 4) is 6.01 Å². The molecule has 1 atom stereocenters. The molecule has 0 bridgehead atoms. The third kappa shape index (κ3) is 4.23. The van der Waals surface area contributed by atoms with Crippen LogP contribution in [0.2, 0.25) is 0 Å². The minimum Gasteiger partial charge on any atom is -0.460 e. The van der Waals surface area contributed by atoms with E-state index in [0.29, 0.717) is 5.69 Å². The Hall–Kier alpha value is -2.88. The number of rotatable bonds is 4. The standard InChI is InChI=1S/C23H26F3N5O2/c1-14-29-19-7-3-6-18(23(24,25)26)20(19)21(32)31(14)16-12-27-22(28-13-16)33-17-8-10-30(11-9-17)15-4-2-5-15/h3,6-7,12-15,17,29H,2,4-5,8-11H2,1H3. The number of hydrogen-bond acceptors (Lipinski definition) is 6. The monoisotopic (exact) mass is 461 g/mol. The van der Waals surface area contributed by atoms with Crippen LogP contribution in [0.5, 0.6) is 6.01 Å². The van der Waals surface area contributed by atoms with Gasteiger partial charge in [0, 0.05) is 24.8 Å². The number of alkyl halides is 3. The van der Waals surface area contributed by atoms with Gasteiger partial charge in [-0.15, -0.1) is 0 Å². The van der Waals surface area contributed by atoms with E-state index in [1.807, 2.05) is 0 Å². The number of piperidine rings is 1. The second-order valence-electron chi connectivity index (χ2n) is 8.88. The molecule has 3 aliphatic rings. The molecule has 3 heterocycles. The number of aromatic nitrogens is 2. The molecular weight excluding hydrogens is 435 g/mol. The Morgan fingerprint density at radius 1 is 1.09 bits per heavy atom. The Balaban J connectivity index is 1.29. The van der Waals surface area contributed by atoms with Crippen molar-refractivity contribution in [2.24, 2.45) is 0 Å². The van der Waals surface area contributed by atoms with Crippen molar-refractivity contribution < 1.29 is 22.7 Å². The summed E-state index contributed by atoms with van der Waals surface area (Å²) in [6.07, 6.45) is 3.36. The van der Waals surface area contributed by atoms with E-state index >= 15 is 0 Å². The maximum Gasteiger partial charge on any atom is 0.417 e. The van der Waals surface area contributed by atoms with E-state index in [9.17, 15) is 18.0 Å². The third-order valence-electron chi connectivity index (χ3n) is 6.79. The summed E-state index contributed by atoms with van der Waals surface area (Å²) >= 11 is 0.